The third-order valence-corrected chi connectivity index (χ3v) is 3.71. The van der Waals surface area contributed by atoms with Gasteiger partial charge in [0.15, 0.2) is 0 Å². The third kappa shape index (κ3) is 3.14. The van der Waals surface area contributed by atoms with Crippen LogP contribution >= 0.6 is 0 Å². The van der Waals surface area contributed by atoms with Gasteiger partial charge in [-0.25, -0.2) is 0 Å². The first-order valence-corrected chi connectivity index (χ1v) is 7.28. The summed E-state index contributed by atoms with van der Waals surface area (Å²) in [4.78, 5) is 29.8. The van der Waals surface area contributed by atoms with Crippen LogP contribution in [-0.4, -0.2) is 23.3 Å². The Hall–Kier alpha value is -2.69. The van der Waals surface area contributed by atoms with E-state index in [1.54, 1.807) is 17.3 Å². The van der Waals surface area contributed by atoms with Crippen molar-refractivity contribution in [2.75, 3.05) is 11.4 Å². The number of pyridine rings is 1. The molecule has 0 spiro atoms. The van der Waals surface area contributed by atoms with E-state index in [-0.39, 0.29) is 18.4 Å². The van der Waals surface area contributed by atoms with Crippen LogP contribution in [-0.2, 0) is 22.6 Å². The Bertz CT molecular complexity index is 685. The number of benzene rings is 1. The van der Waals surface area contributed by atoms with Gasteiger partial charge in [-0.3, -0.25) is 14.6 Å². The summed E-state index contributed by atoms with van der Waals surface area (Å²) >= 11 is 0. The van der Waals surface area contributed by atoms with Crippen molar-refractivity contribution in [3.8, 4) is 0 Å². The highest BCUT2D eigenvalue weighted by Crippen LogP contribution is 2.26. The molecule has 5 heteroatoms. The normalized spacial score (nSPS) is 13.6. The van der Waals surface area contributed by atoms with Crippen LogP contribution in [0, 0.1) is 0 Å². The summed E-state index contributed by atoms with van der Waals surface area (Å²) in [6.45, 7) is 0.465. The first kappa shape index (κ1) is 14.3. The molecule has 0 saturated carbocycles. The molecule has 0 atom stereocenters. The number of hydrogen-bond donors (Lipinski definition) is 1. The van der Waals surface area contributed by atoms with E-state index in [0.717, 1.165) is 23.2 Å². The molecule has 0 fully saturated rings. The average molecular weight is 295 g/mol. The number of aromatic nitrogens is 1. The number of nitrogens with one attached hydrogen (secondary N) is 1. The topological polar surface area (TPSA) is 62.3 Å². The fourth-order valence-electron chi connectivity index (χ4n) is 2.57. The number of carbonyl (C=O) groups excluding carboxylic acids is 2. The monoisotopic (exact) mass is 295 g/mol. The van der Waals surface area contributed by atoms with E-state index in [1.807, 2.05) is 36.4 Å². The fourth-order valence-corrected chi connectivity index (χ4v) is 2.57. The molecular formula is C17H17N3O2. The number of carbonyl (C=O) groups is 2. The Morgan fingerprint density at radius 2 is 2.05 bits per heavy atom. The maximum atomic E-state index is 12.1. The van der Waals surface area contributed by atoms with Crippen LogP contribution in [0.2, 0.25) is 0 Å². The van der Waals surface area contributed by atoms with Gasteiger partial charge in [0.25, 0.3) is 0 Å². The van der Waals surface area contributed by atoms with Crippen LogP contribution in [0.25, 0.3) is 0 Å². The molecule has 0 saturated heterocycles. The van der Waals surface area contributed by atoms with E-state index in [2.05, 4.69) is 10.3 Å². The number of nitrogens with zero attached hydrogens (tertiary/aromatic N) is 2. The summed E-state index contributed by atoms with van der Waals surface area (Å²) in [6.07, 6.45) is 4.59. The SMILES string of the molecule is O=C(CN1C(=O)CCc2ccccc21)NCc1cccnc1. The fraction of sp³-hybridized carbons (Fsp3) is 0.235. The molecule has 5 nitrogen and oxygen atoms in total. The minimum absolute atomic E-state index is 0.00442. The number of aryl methyl sites for hydroxylation is 1. The molecule has 2 aromatic rings. The lowest BCUT2D eigenvalue weighted by molar-refractivity contribution is -0.124. The first-order valence-electron chi connectivity index (χ1n) is 7.28. The van der Waals surface area contributed by atoms with E-state index in [1.165, 1.54) is 0 Å². The van der Waals surface area contributed by atoms with Gasteiger partial charge in [0.1, 0.15) is 6.54 Å². The Kier molecular flexibility index (Phi) is 4.14. The molecular weight excluding hydrogens is 278 g/mol. The van der Waals surface area contributed by atoms with Gasteiger partial charge < -0.3 is 10.2 Å². The molecule has 1 aliphatic heterocycles. The maximum absolute atomic E-state index is 12.1. The second-order valence-electron chi connectivity index (χ2n) is 5.25. The number of anilines is 1. The van der Waals surface area contributed by atoms with Crippen LogP contribution in [0.4, 0.5) is 5.69 Å². The van der Waals surface area contributed by atoms with Crippen LogP contribution < -0.4 is 10.2 Å². The van der Waals surface area contributed by atoms with Crippen molar-refractivity contribution in [3.63, 3.8) is 0 Å². The molecule has 22 heavy (non-hydrogen) atoms. The van der Waals surface area contributed by atoms with Gasteiger partial charge in [0, 0.05) is 31.0 Å². The summed E-state index contributed by atoms with van der Waals surface area (Å²) in [5.41, 5.74) is 2.89. The molecule has 0 bridgehead atoms. The van der Waals surface area contributed by atoms with Crippen molar-refractivity contribution < 1.29 is 9.59 Å². The van der Waals surface area contributed by atoms with Gasteiger partial charge in [0.05, 0.1) is 0 Å². The molecule has 1 aromatic heterocycles. The summed E-state index contributed by atoms with van der Waals surface area (Å²) in [5.74, 6) is -0.177. The van der Waals surface area contributed by atoms with Crippen molar-refractivity contribution in [3.05, 3.63) is 59.9 Å². The van der Waals surface area contributed by atoms with Gasteiger partial charge in [-0.15, -0.1) is 0 Å². The quantitative estimate of drug-likeness (QED) is 0.933. The van der Waals surface area contributed by atoms with Crippen molar-refractivity contribution in [2.45, 2.75) is 19.4 Å². The minimum Gasteiger partial charge on any atom is -0.350 e. The molecule has 0 unspecified atom stereocenters. The van der Waals surface area contributed by atoms with Gasteiger partial charge in [-0.1, -0.05) is 24.3 Å². The maximum Gasteiger partial charge on any atom is 0.240 e. The van der Waals surface area contributed by atoms with Gasteiger partial charge >= 0.3 is 0 Å². The number of hydrogen-bond acceptors (Lipinski definition) is 3. The second kappa shape index (κ2) is 6.39. The molecule has 1 N–H and O–H groups in total. The Morgan fingerprint density at radius 1 is 1.18 bits per heavy atom. The standard InChI is InChI=1S/C17H17N3O2/c21-16(19-11-13-4-3-9-18-10-13)12-20-15-6-2-1-5-14(15)7-8-17(20)22/h1-6,9-10H,7-8,11-12H2,(H,19,21). The number of para-hydroxylation sites is 1. The van der Waals surface area contributed by atoms with Crippen LogP contribution in [0.1, 0.15) is 17.5 Å². The van der Waals surface area contributed by atoms with Crippen molar-refractivity contribution in [1.29, 1.82) is 0 Å². The van der Waals surface area contributed by atoms with Crippen LogP contribution in [0.3, 0.4) is 0 Å². The lowest BCUT2D eigenvalue weighted by atomic mass is 10.0. The number of amides is 2. The van der Waals surface area contributed by atoms with Gasteiger partial charge in [-0.2, -0.15) is 0 Å². The Balaban J connectivity index is 1.65. The van der Waals surface area contributed by atoms with Crippen molar-refractivity contribution in [1.82, 2.24) is 10.3 Å². The summed E-state index contributed by atoms with van der Waals surface area (Å²) in [6, 6.07) is 11.5. The van der Waals surface area contributed by atoms with Crippen LogP contribution in [0.5, 0.6) is 0 Å². The van der Waals surface area contributed by atoms with E-state index in [0.29, 0.717) is 13.0 Å². The minimum atomic E-state index is -0.172. The van der Waals surface area contributed by atoms with Gasteiger partial charge in [0.2, 0.25) is 11.8 Å². The smallest absolute Gasteiger partial charge is 0.240 e. The Labute approximate surface area is 129 Å². The van der Waals surface area contributed by atoms with Gasteiger partial charge in [-0.05, 0) is 29.7 Å². The number of rotatable bonds is 4. The highest BCUT2D eigenvalue weighted by Gasteiger charge is 2.25. The highest BCUT2D eigenvalue weighted by molar-refractivity contribution is 6.00. The first-order chi connectivity index (χ1) is 10.7. The Morgan fingerprint density at radius 3 is 2.86 bits per heavy atom. The zero-order valence-corrected chi connectivity index (χ0v) is 12.2. The summed E-state index contributed by atoms with van der Waals surface area (Å²) in [5, 5.41) is 2.82. The van der Waals surface area contributed by atoms with E-state index in [9.17, 15) is 9.59 Å². The molecule has 0 aliphatic carbocycles. The van der Waals surface area contributed by atoms with E-state index in [4.69, 9.17) is 0 Å². The lowest BCUT2D eigenvalue weighted by Crippen LogP contribution is -2.42. The zero-order valence-electron chi connectivity index (χ0n) is 12.2. The van der Waals surface area contributed by atoms with Crippen LogP contribution in [0.15, 0.2) is 48.8 Å². The second-order valence-corrected chi connectivity index (χ2v) is 5.25. The van der Waals surface area contributed by atoms with Crippen molar-refractivity contribution in [2.24, 2.45) is 0 Å². The number of fused-ring (bicyclic) bond motifs is 1. The summed E-state index contributed by atoms with van der Waals surface area (Å²) < 4.78 is 0. The molecule has 1 aliphatic rings. The largest absolute Gasteiger partial charge is 0.350 e. The van der Waals surface area contributed by atoms with E-state index < -0.39 is 0 Å². The van der Waals surface area contributed by atoms with E-state index >= 15 is 0 Å². The molecule has 1 aromatic carbocycles. The third-order valence-electron chi connectivity index (χ3n) is 3.71. The molecule has 112 valence electrons. The molecule has 3 rings (SSSR count). The zero-order chi connectivity index (χ0) is 15.4. The molecule has 2 amide bonds. The predicted molar refractivity (Wildman–Crippen MR) is 83.2 cm³/mol. The highest BCUT2D eigenvalue weighted by atomic mass is 16.2. The summed E-state index contributed by atoms with van der Waals surface area (Å²) in [7, 11) is 0. The lowest BCUT2D eigenvalue weighted by Gasteiger charge is -2.28. The predicted octanol–water partition coefficient (Wildman–Crippen LogP) is 1.68. The average Bonchev–Trinajstić information content (AvgIpc) is 2.56. The van der Waals surface area contributed by atoms with Crippen molar-refractivity contribution >= 4 is 17.5 Å². The molecule has 0 radical (unpaired) electrons. The molecule has 2 heterocycles.